The van der Waals surface area contributed by atoms with Crippen molar-refractivity contribution in [2.24, 2.45) is 17.8 Å². The van der Waals surface area contributed by atoms with Crippen LogP contribution < -0.4 is 0 Å². The fourth-order valence-corrected chi connectivity index (χ4v) is 4.81. The summed E-state index contributed by atoms with van der Waals surface area (Å²) in [6.45, 7) is 3.99. The lowest BCUT2D eigenvalue weighted by Gasteiger charge is -2.49. The zero-order chi connectivity index (χ0) is 8.68. The summed E-state index contributed by atoms with van der Waals surface area (Å²) >= 11 is 0. The fourth-order valence-electron chi connectivity index (χ4n) is 4.81. The van der Waals surface area contributed by atoms with E-state index in [0.29, 0.717) is 5.60 Å². The zero-order valence-corrected chi connectivity index (χ0v) is 7.96. The second-order valence-corrected chi connectivity index (χ2v) is 5.64. The number of hydrogen-bond acceptors (Lipinski definition) is 1. The second kappa shape index (κ2) is 1.75. The first kappa shape index (κ1) is 7.05. The van der Waals surface area contributed by atoms with Crippen LogP contribution in [-0.2, 0) is 4.74 Å². The smallest absolute Gasteiger partial charge is 0.119 e. The molecule has 5 rings (SSSR count). The summed E-state index contributed by atoms with van der Waals surface area (Å²) in [5.41, 5.74) is 0.448. The SMILES string of the molecule is C=CC12OC13CC1CC(CC2C1)C3. The number of ether oxygens (including phenoxy) is 1. The van der Waals surface area contributed by atoms with E-state index in [-0.39, 0.29) is 5.60 Å². The lowest BCUT2D eigenvalue weighted by Crippen LogP contribution is -2.50. The van der Waals surface area contributed by atoms with Gasteiger partial charge >= 0.3 is 0 Å². The van der Waals surface area contributed by atoms with E-state index in [0.717, 1.165) is 17.8 Å². The van der Waals surface area contributed by atoms with Crippen molar-refractivity contribution < 1.29 is 4.74 Å². The third kappa shape index (κ3) is 0.576. The van der Waals surface area contributed by atoms with Crippen molar-refractivity contribution in [3.63, 3.8) is 0 Å². The number of hydrogen-bond donors (Lipinski definition) is 0. The van der Waals surface area contributed by atoms with E-state index in [9.17, 15) is 0 Å². The van der Waals surface area contributed by atoms with E-state index >= 15 is 0 Å². The van der Waals surface area contributed by atoms with Crippen molar-refractivity contribution in [3.8, 4) is 0 Å². The molecule has 1 heteroatoms. The third-order valence-electron chi connectivity index (χ3n) is 5.08. The normalized spacial score (nSPS) is 66.3. The van der Waals surface area contributed by atoms with E-state index in [2.05, 4.69) is 12.7 Å². The Balaban J connectivity index is 1.85. The van der Waals surface area contributed by atoms with Crippen LogP contribution in [0.15, 0.2) is 12.7 Å². The van der Waals surface area contributed by atoms with E-state index in [1.807, 2.05) is 0 Å². The lowest BCUT2D eigenvalue weighted by atomic mass is 9.52. The predicted octanol–water partition coefficient (Wildman–Crippen LogP) is 2.52. The molecule has 1 aliphatic heterocycles. The molecule has 5 fully saturated rings. The van der Waals surface area contributed by atoms with Gasteiger partial charge in [-0.1, -0.05) is 6.08 Å². The van der Waals surface area contributed by atoms with E-state index in [4.69, 9.17) is 4.74 Å². The minimum atomic E-state index is 0.153. The van der Waals surface area contributed by atoms with Gasteiger partial charge in [0.25, 0.3) is 0 Å². The van der Waals surface area contributed by atoms with E-state index in [1.54, 1.807) is 0 Å². The van der Waals surface area contributed by atoms with Crippen molar-refractivity contribution in [3.05, 3.63) is 12.7 Å². The lowest BCUT2D eigenvalue weighted by molar-refractivity contribution is 0.0449. The highest BCUT2D eigenvalue weighted by molar-refractivity contribution is 5.33. The Morgan fingerprint density at radius 3 is 2.38 bits per heavy atom. The highest BCUT2D eigenvalue weighted by Crippen LogP contribution is 2.72. The van der Waals surface area contributed by atoms with Crippen LogP contribution in [0, 0.1) is 17.8 Å². The Labute approximate surface area is 79.2 Å². The van der Waals surface area contributed by atoms with Crippen molar-refractivity contribution in [2.45, 2.75) is 43.3 Å². The Kier molecular flexibility index (Phi) is 0.947. The molecule has 1 heterocycles. The highest BCUT2D eigenvalue weighted by Gasteiger charge is 2.77. The summed E-state index contributed by atoms with van der Waals surface area (Å²) in [6.07, 6.45) is 9.14. The molecule has 0 aromatic heterocycles. The molecule has 0 aromatic rings. The first-order valence-corrected chi connectivity index (χ1v) is 5.62. The maximum absolute atomic E-state index is 6.11. The van der Waals surface area contributed by atoms with Crippen LogP contribution in [0.4, 0.5) is 0 Å². The number of rotatable bonds is 1. The largest absolute Gasteiger partial charge is 0.358 e. The van der Waals surface area contributed by atoms with Gasteiger partial charge in [-0.2, -0.15) is 0 Å². The third-order valence-corrected chi connectivity index (χ3v) is 5.08. The first-order chi connectivity index (χ1) is 6.28. The summed E-state index contributed by atoms with van der Waals surface area (Å²) < 4.78 is 6.11. The summed E-state index contributed by atoms with van der Waals surface area (Å²) in [4.78, 5) is 0. The molecular weight excluding hydrogens is 160 g/mol. The molecule has 3 atom stereocenters. The minimum Gasteiger partial charge on any atom is -0.358 e. The van der Waals surface area contributed by atoms with Crippen LogP contribution in [0.25, 0.3) is 0 Å². The van der Waals surface area contributed by atoms with Gasteiger partial charge in [0.1, 0.15) is 11.2 Å². The molecule has 70 valence electrons. The van der Waals surface area contributed by atoms with Gasteiger partial charge in [-0.05, 0) is 49.9 Å². The van der Waals surface area contributed by atoms with Crippen molar-refractivity contribution >= 4 is 0 Å². The van der Waals surface area contributed by atoms with Crippen LogP contribution in [0.2, 0.25) is 0 Å². The molecule has 4 saturated carbocycles. The molecule has 13 heavy (non-hydrogen) atoms. The molecule has 0 radical (unpaired) electrons. The summed E-state index contributed by atoms with van der Waals surface area (Å²) in [6, 6.07) is 0. The van der Waals surface area contributed by atoms with Gasteiger partial charge in [0.05, 0.1) is 0 Å². The van der Waals surface area contributed by atoms with E-state index in [1.165, 1.54) is 32.1 Å². The highest BCUT2D eigenvalue weighted by atomic mass is 16.6. The molecule has 3 unspecified atom stereocenters. The van der Waals surface area contributed by atoms with Gasteiger partial charge in [-0.3, -0.25) is 0 Å². The predicted molar refractivity (Wildman–Crippen MR) is 50.3 cm³/mol. The van der Waals surface area contributed by atoms with Crippen molar-refractivity contribution in [1.29, 1.82) is 0 Å². The Bertz CT molecular complexity index is 281. The van der Waals surface area contributed by atoms with Crippen LogP contribution in [0.1, 0.15) is 32.1 Å². The Morgan fingerprint density at radius 1 is 1.15 bits per heavy atom. The molecule has 4 bridgehead atoms. The maximum atomic E-state index is 6.11. The molecule has 1 saturated heterocycles. The van der Waals surface area contributed by atoms with Gasteiger partial charge in [0, 0.05) is 0 Å². The Hall–Kier alpha value is -0.300. The molecule has 1 spiro atoms. The molecule has 0 N–H and O–H groups in total. The summed E-state index contributed by atoms with van der Waals surface area (Å²) in [5, 5.41) is 0. The molecule has 0 aromatic carbocycles. The van der Waals surface area contributed by atoms with Crippen LogP contribution >= 0.6 is 0 Å². The van der Waals surface area contributed by atoms with Crippen molar-refractivity contribution in [2.75, 3.05) is 0 Å². The van der Waals surface area contributed by atoms with Gasteiger partial charge in [0.15, 0.2) is 0 Å². The maximum Gasteiger partial charge on any atom is 0.119 e. The quantitative estimate of drug-likeness (QED) is 0.442. The number of epoxide rings is 1. The minimum absolute atomic E-state index is 0.153. The second-order valence-electron chi connectivity index (χ2n) is 5.64. The average molecular weight is 176 g/mol. The van der Waals surface area contributed by atoms with Gasteiger partial charge < -0.3 is 4.74 Å². The van der Waals surface area contributed by atoms with Crippen LogP contribution in [0.3, 0.4) is 0 Å². The topological polar surface area (TPSA) is 12.5 Å². The molecule has 5 aliphatic rings. The monoisotopic (exact) mass is 176 g/mol. The zero-order valence-electron chi connectivity index (χ0n) is 7.96. The van der Waals surface area contributed by atoms with Gasteiger partial charge in [0.2, 0.25) is 0 Å². The average Bonchev–Trinajstić information content (AvgIpc) is 2.73. The van der Waals surface area contributed by atoms with Crippen LogP contribution in [-0.4, -0.2) is 11.2 Å². The molecule has 1 nitrogen and oxygen atoms in total. The van der Waals surface area contributed by atoms with Crippen molar-refractivity contribution in [1.82, 2.24) is 0 Å². The summed E-state index contributed by atoms with van der Waals surface area (Å²) in [7, 11) is 0. The van der Waals surface area contributed by atoms with E-state index < -0.39 is 0 Å². The van der Waals surface area contributed by atoms with Crippen LogP contribution in [0.5, 0.6) is 0 Å². The first-order valence-electron chi connectivity index (χ1n) is 5.62. The molecule has 4 aliphatic carbocycles. The summed E-state index contributed by atoms with van der Waals surface area (Å²) in [5.74, 6) is 2.82. The molecule has 0 amide bonds. The van der Waals surface area contributed by atoms with Gasteiger partial charge in [-0.15, -0.1) is 6.58 Å². The standard InChI is InChI=1S/C12H16O/c1-2-12-10-4-8-3-9(5-10)7-11(12,6-8)13-12/h2,8-10H,1,3-7H2. The van der Waals surface area contributed by atoms with Gasteiger partial charge in [-0.25, -0.2) is 0 Å². The Morgan fingerprint density at radius 2 is 1.85 bits per heavy atom. The molecular formula is C12H16O. The fraction of sp³-hybridized carbons (Fsp3) is 0.833.